The Hall–Kier alpha value is -2.94. The molecule has 0 fully saturated rings. The van der Waals surface area contributed by atoms with Gasteiger partial charge in [0.05, 0.1) is 12.2 Å². The van der Waals surface area contributed by atoms with Gasteiger partial charge in [-0.15, -0.1) is 0 Å². The first-order valence-corrected chi connectivity index (χ1v) is 10.6. The molecule has 166 valence electrons. The summed E-state index contributed by atoms with van der Waals surface area (Å²) >= 11 is 0. The first-order chi connectivity index (χ1) is 14.0. The molecule has 0 amide bonds. The van der Waals surface area contributed by atoms with E-state index in [4.69, 9.17) is 18.9 Å². The van der Waals surface area contributed by atoms with Crippen LogP contribution in [-0.2, 0) is 30.1 Å². The van der Waals surface area contributed by atoms with Crippen LogP contribution in [0.15, 0.2) is 27.9 Å². The molecule has 1 aromatic heterocycles. The van der Waals surface area contributed by atoms with E-state index in [9.17, 15) is 23.7 Å². The molecule has 0 saturated heterocycles. The molecule has 0 aliphatic carbocycles. The molecule has 0 aliphatic rings. The Morgan fingerprint density at radius 3 is 2.07 bits per heavy atom. The van der Waals surface area contributed by atoms with E-state index < -0.39 is 49.6 Å². The van der Waals surface area contributed by atoms with Crippen LogP contribution >= 0.6 is 7.80 Å². The van der Waals surface area contributed by atoms with Crippen molar-refractivity contribution in [2.45, 2.75) is 59.4 Å². The Bertz CT molecular complexity index is 878. The number of allylic oxidation sites excluding steroid dienone is 2. The van der Waals surface area contributed by atoms with Gasteiger partial charge in [0.25, 0.3) is 5.56 Å². The van der Waals surface area contributed by atoms with Crippen LogP contribution < -0.4 is 11.2 Å². The van der Waals surface area contributed by atoms with Crippen LogP contribution in [0.5, 0.6) is 0 Å². The van der Waals surface area contributed by atoms with Gasteiger partial charge in [0, 0.05) is 18.3 Å². The third kappa shape index (κ3) is 9.04. The zero-order valence-electron chi connectivity index (χ0n) is 17.4. The number of hydrogen-bond donors (Lipinski definition) is 1. The maximum atomic E-state index is 12.5. The SMILES string of the molecule is Cc1cn(C/C=C\C[P+](=O)C(OC(=O)OC(C)C)OC(=O)OC(C)C)c(=O)[nH]c1=O. The Kier molecular flexibility index (Phi) is 9.97. The molecule has 1 unspecified atom stereocenters. The lowest BCUT2D eigenvalue weighted by atomic mass is 10.4. The summed E-state index contributed by atoms with van der Waals surface area (Å²) in [7, 11) is -2.39. The van der Waals surface area contributed by atoms with Crippen LogP contribution in [0.4, 0.5) is 9.59 Å². The molecule has 1 rings (SSSR count). The summed E-state index contributed by atoms with van der Waals surface area (Å²) in [5.41, 5.74) is -0.692. The van der Waals surface area contributed by atoms with Crippen molar-refractivity contribution in [3.8, 4) is 0 Å². The molecule has 1 aromatic rings. The average molecular weight is 445 g/mol. The van der Waals surface area contributed by atoms with Crippen LogP contribution in [0.1, 0.15) is 33.3 Å². The summed E-state index contributed by atoms with van der Waals surface area (Å²) in [6, 6.07) is -1.71. The van der Waals surface area contributed by atoms with E-state index in [2.05, 4.69) is 4.98 Å². The van der Waals surface area contributed by atoms with Gasteiger partial charge in [-0.2, -0.15) is 0 Å². The number of ether oxygens (including phenoxy) is 4. The van der Waals surface area contributed by atoms with Crippen LogP contribution in [0.2, 0.25) is 0 Å². The van der Waals surface area contributed by atoms with Gasteiger partial charge < -0.3 is 18.9 Å². The summed E-state index contributed by atoms with van der Waals surface area (Å²) in [5, 5.41) is 0. The monoisotopic (exact) mass is 445 g/mol. The van der Waals surface area contributed by atoms with Crippen molar-refractivity contribution in [3.05, 3.63) is 44.8 Å². The smallest absolute Gasteiger partial charge is 0.431 e. The van der Waals surface area contributed by atoms with Gasteiger partial charge in [-0.3, -0.25) is 14.3 Å². The minimum Gasteiger partial charge on any atom is -0.431 e. The zero-order chi connectivity index (χ0) is 22.8. The normalized spacial score (nSPS) is 11.8. The maximum absolute atomic E-state index is 12.5. The van der Waals surface area contributed by atoms with E-state index in [1.54, 1.807) is 34.6 Å². The lowest BCUT2D eigenvalue weighted by Crippen LogP contribution is -2.30. The standard InChI is InChI=1S/C18H25N2O9P/c1-11(2)26-16(23)28-18(29-17(24)27-12(3)4)30(25)9-7-6-8-20-10-13(5)14(21)19-15(20)22/h6-7,10-12,18H,8-9H2,1-5H3/p+1/b7-6-. The fourth-order valence-corrected chi connectivity index (χ4v) is 2.89. The van der Waals surface area contributed by atoms with Crippen molar-refractivity contribution in [3.63, 3.8) is 0 Å². The average Bonchev–Trinajstić information content (AvgIpc) is 2.60. The highest BCUT2D eigenvalue weighted by Crippen LogP contribution is 2.31. The van der Waals surface area contributed by atoms with Crippen molar-refractivity contribution in [2.75, 3.05) is 6.16 Å². The lowest BCUT2D eigenvalue weighted by Gasteiger charge is -2.13. The number of aromatic amines is 1. The lowest BCUT2D eigenvalue weighted by molar-refractivity contribution is -0.0715. The Morgan fingerprint density at radius 1 is 1.03 bits per heavy atom. The Labute approximate surface area is 173 Å². The van der Waals surface area contributed by atoms with Crippen LogP contribution in [0.25, 0.3) is 0 Å². The molecule has 0 saturated carbocycles. The number of rotatable bonds is 9. The topological polar surface area (TPSA) is 143 Å². The third-order valence-corrected chi connectivity index (χ3v) is 4.49. The summed E-state index contributed by atoms with van der Waals surface area (Å²) in [4.78, 5) is 48.6. The second-order valence-corrected chi connectivity index (χ2v) is 8.29. The highest BCUT2D eigenvalue weighted by molar-refractivity contribution is 7.45. The van der Waals surface area contributed by atoms with Gasteiger partial charge in [-0.25, -0.2) is 14.4 Å². The van der Waals surface area contributed by atoms with E-state index in [1.165, 1.54) is 22.9 Å². The van der Waals surface area contributed by atoms with Crippen molar-refractivity contribution in [1.82, 2.24) is 9.55 Å². The molecule has 0 aromatic carbocycles. The zero-order valence-corrected chi connectivity index (χ0v) is 18.3. The molecule has 1 atom stereocenters. The minimum atomic E-state index is -2.39. The number of carbonyl (C=O) groups is 2. The molecule has 0 spiro atoms. The van der Waals surface area contributed by atoms with Gasteiger partial charge in [0.15, 0.2) is 6.16 Å². The first kappa shape index (κ1) is 25.1. The second-order valence-electron chi connectivity index (χ2n) is 6.67. The highest BCUT2D eigenvalue weighted by Gasteiger charge is 2.38. The van der Waals surface area contributed by atoms with E-state index in [0.717, 1.165) is 0 Å². The fourth-order valence-electron chi connectivity index (χ4n) is 1.95. The molecule has 0 aliphatic heterocycles. The maximum Gasteiger partial charge on any atom is 0.514 e. The summed E-state index contributed by atoms with van der Waals surface area (Å²) in [6.07, 6.45) is 1.00. The minimum absolute atomic E-state index is 0.108. The number of carbonyl (C=O) groups excluding carboxylic acids is 2. The summed E-state index contributed by atoms with van der Waals surface area (Å²) in [5.74, 6) is 0. The summed E-state index contributed by atoms with van der Waals surface area (Å²) < 4.78 is 33.0. The fraction of sp³-hybridized carbons (Fsp3) is 0.556. The van der Waals surface area contributed by atoms with Crippen LogP contribution in [0, 0.1) is 6.92 Å². The molecular weight excluding hydrogens is 419 g/mol. The number of hydrogen-bond acceptors (Lipinski definition) is 9. The molecule has 1 N–H and O–H groups in total. The van der Waals surface area contributed by atoms with Gasteiger partial charge >= 0.3 is 31.8 Å². The molecule has 0 radical (unpaired) electrons. The van der Waals surface area contributed by atoms with Crippen LogP contribution in [-0.4, -0.2) is 46.3 Å². The second kappa shape index (κ2) is 11.9. The first-order valence-electron chi connectivity index (χ1n) is 9.13. The predicted octanol–water partition coefficient (Wildman–Crippen LogP) is 2.64. The van der Waals surface area contributed by atoms with Gasteiger partial charge in [-0.1, -0.05) is 10.6 Å². The van der Waals surface area contributed by atoms with E-state index in [0.29, 0.717) is 5.56 Å². The van der Waals surface area contributed by atoms with Crippen molar-refractivity contribution < 1.29 is 33.1 Å². The third-order valence-electron chi connectivity index (χ3n) is 3.24. The highest BCUT2D eigenvalue weighted by atomic mass is 31.1. The van der Waals surface area contributed by atoms with E-state index in [1.807, 2.05) is 0 Å². The van der Waals surface area contributed by atoms with Gasteiger partial charge in [0.2, 0.25) is 0 Å². The molecule has 1 heterocycles. The predicted molar refractivity (Wildman–Crippen MR) is 107 cm³/mol. The van der Waals surface area contributed by atoms with Gasteiger partial charge in [0.1, 0.15) is 0 Å². The quantitative estimate of drug-likeness (QED) is 0.262. The number of aromatic nitrogens is 2. The van der Waals surface area contributed by atoms with Crippen LogP contribution in [0.3, 0.4) is 0 Å². The van der Waals surface area contributed by atoms with Gasteiger partial charge in [-0.05, 0) is 40.7 Å². The largest absolute Gasteiger partial charge is 0.514 e. The number of aryl methyl sites for hydroxylation is 1. The molecule has 30 heavy (non-hydrogen) atoms. The number of nitrogens with one attached hydrogen (secondary N) is 1. The molecule has 11 nitrogen and oxygen atoms in total. The Balaban J connectivity index is 2.77. The Morgan fingerprint density at radius 2 is 1.57 bits per heavy atom. The number of H-pyrrole nitrogens is 1. The number of nitrogens with zero attached hydrogens (tertiary/aromatic N) is 1. The molecule has 0 bridgehead atoms. The van der Waals surface area contributed by atoms with E-state index in [-0.39, 0.29) is 12.7 Å². The van der Waals surface area contributed by atoms with Crippen molar-refractivity contribution >= 4 is 20.1 Å². The van der Waals surface area contributed by atoms with Crippen molar-refractivity contribution in [2.24, 2.45) is 0 Å². The molecular formula is C18H26N2O9P+. The van der Waals surface area contributed by atoms with E-state index >= 15 is 0 Å². The van der Waals surface area contributed by atoms with Crippen molar-refractivity contribution in [1.29, 1.82) is 0 Å². The summed E-state index contributed by atoms with van der Waals surface area (Å²) in [6.45, 7) is 8.03. The molecule has 12 heteroatoms.